The molecule has 0 radical (unpaired) electrons. The van der Waals surface area contributed by atoms with Gasteiger partial charge in [0.25, 0.3) is 0 Å². The van der Waals surface area contributed by atoms with Crippen LogP contribution in [0.2, 0.25) is 0 Å². The minimum atomic E-state index is 0.300. The topological polar surface area (TPSA) is 24.7 Å². The van der Waals surface area contributed by atoms with Gasteiger partial charge in [-0.3, -0.25) is 9.98 Å². The molecular weight excluding hydrogens is 160 g/mol. The van der Waals surface area contributed by atoms with Gasteiger partial charge in [0.1, 0.15) is 0 Å². The first-order chi connectivity index (χ1) is 6.09. The van der Waals surface area contributed by atoms with Crippen LogP contribution < -0.4 is 0 Å². The van der Waals surface area contributed by atoms with Crippen LogP contribution in [0.25, 0.3) is 0 Å². The van der Waals surface area contributed by atoms with E-state index in [-0.39, 0.29) is 0 Å². The largest absolute Gasteiger partial charge is 0.297 e. The summed E-state index contributed by atoms with van der Waals surface area (Å²) in [5.41, 5.74) is 0.300. The Balaban J connectivity index is 2.22. The van der Waals surface area contributed by atoms with Crippen molar-refractivity contribution in [3.8, 4) is 0 Å². The van der Waals surface area contributed by atoms with Crippen LogP contribution in [-0.2, 0) is 0 Å². The fourth-order valence-corrected chi connectivity index (χ4v) is 2.28. The quantitative estimate of drug-likeness (QED) is 0.543. The average Bonchev–Trinajstić information content (AvgIpc) is 2.48. The number of hydrogen-bond acceptors (Lipinski definition) is 2. The maximum absolute atomic E-state index is 4.59. The van der Waals surface area contributed by atoms with Gasteiger partial charge < -0.3 is 0 Å². The van der Waals surface area contributed by atoms with E-state index in [0.717, 1.165) is 13.0 Å². The second-order valence-corrected chi connectivity index (χ2v) is 5.22. The predicted octanol–water partition coefficient (Wildman–Crippen LogP) is 2.19. The average molecular weight is 178 g/mol. The summed E-state index contributed by atoms with van der Waals surface area (Å²) in [5, 5.41) is 0. The lowest BCUT2D eigenvalue weighted by Gasteiger charge is -2.36. The molecule has 2 aliphatic heterocycles. The van der Waals surface area contributed by atoms with Gasteiger partial charge in [-0.15, -0.1) is 0 Å². The Bertz CT molecular complexity index is 247. The molecule has 0 bridgehead atoms. The molecule has 72 valence electrons. The van der Waals surface area contributed by atoms with Crippen LogP contribution in [0.5, 0.6) is 0 Å². The molecule has 0 fully saturated rings. The Labute approximate surface area is 80.2 Å². The summed E-state index contributed by atoms with van der Waals surface area (Å²) >= 11 is 0. The molecule has 0 amide bonds. The van der Waals surface area contributed by atoms with E-state index in [1.54, 1.807) is 0 Å². The minimum absolute atomic E-state index is 0.300. The van der Waals surface area contributed by atoms with E-state index in [2.05, 4.69) is 43.2 Å². The summed E-state index contributed by atoms with van der Waals surface area (Å²) in [6.45, 7) is 7.82. The van der Waals surface area contributed by atoms with Gasteiger partial charge in [0.05, 0.1) is 6.04 Å². The highest BCUT2D eigenvalue weighted by molar-refractivity contribution is 5.68. The Morgan fingerprint density at radius 3 is 2.77 bits per heavy atom. The van der Waals surface area contributed by atoms with Crippen molar-refractivity contribution in [3.63, 3.8) is 0 Å². The number of nitrogens with zero attached hydrogens (tertiary/aromatic N) is 2. The van der Waals surface area contributed by atoms with Gasteiger partial charge >= 0.3 is 0 Å². The lowest BCUT2D eigenvalue weighted by Crippen LogP contribution is -2.39. The molecular formula is C11H18N2. The summed E-state index contributed by atoms with van der Waals surface area (Å²) in [5.74, 6) is 1.22. The van der Waals surface area contributed by atoms with Crippen LogP contribution in [0, 0.1) is 17.3 Å². The van der Waals surface area contributed by atoms with Crippen molar-refractivity contribution in [1.82, 2.24) is 0 Å². The summed E-state index contributed by atoms with van der Waals surface area (Å²) in [7, 11) is 0. The first kappa shape index (κ1) is 8.92. The summed E-state index contributed by atoms with van der Waals surface area (Å²) < 4.78 is 0. The van der Waals surface area contributed by atoms with Crippen LogP contribution >= 0.6 is 0 Å². The van der Waals surface area contributed by atoms with Crippen molar-refractivity contribution in [1.29, 1.82) is 0 Å². The molecule has 0 aromatic heterocycles. The van der Waals surface area contributed by atoms with Gasteiger partial charge in [-0.25, -0.2) is 0 Å². The summed E-state index contributed by atoms with van der Waals surface area (Å²) in [6, 6.07) is 0.512. The van der Waals surface area contributed by atoms with E-state index in [0.29, 0.717) is 23.3 Å². The van der Waals surface area contributed by atoms with Gasteiger partial charge in [-0.1, -0.05) is 20.8 Å². The fourth-order valence-electron chi connectivity index (χ4n) is 2.28. The van der Waals surface area contributed by atoms with E-state index in [9.17, 15) is 0 Å². The van der Waals surface area contributed by atoms with Crippen molar-refractivity contribution in [2.24, 2.45) is 27.2 Å². The second-order valence-electron chi connectivity index (χ2n) is 5.22. The normalized spacial score (nSPS) is 37.9. The van der Waals surface area contributed by atoms with Crippen LogP contribution in [0.3, 0.4) is 0 Å². The molecule has 2 heteroatoms. The van der Waals surface area contributed by atoms with Crippen LogP contribution in [0.15, 0.2) is 9.98 Å². The number of rotatable bonds is 0. The summed E-state index contributed by atoms with van der Waals surface area (Å²) in [4.78, 5) is 9.05. The SMILES string of the molecule is CC(C)(C)C1C=NCC2CC=NC21. The smallest absolute Gasteiger partial charge is 0.0627 e. The van der Waals surface area contributed by atoms with Crippen LogP contribution in [0.1, 0.15) is 27.2 Å². The highest BCUT2D eigenvalue weighted by Crippen LogP contribution is 2.37. The van der Waals surface area contributed by atoms with E-state index in [1.165, 1.54) is 0 Å². The molecule has 2 rings (SSSR count). The molecule has 3 unspecified atom stereocenters. The highest BCUT2D eigenvalue weighted by Gasteiger charge is 2.39. The molecule has 0 aliphatic carbocycles. The van der Waals surface area contributed by atoms with E-state index in [4.69, 9.17) is 0 Å². The molecule has 2 nitrogen and oxygen atoms in total. The zero-order chi connectivity index (χ0) is 9.47. The van der Waals surface area contributed by atoms with Crippen molar-refractivity contribution < 1.29 is 0 Å². The van der Waals surface area contributed by atoms with Crippen molar-refractivity contribution in [2.45, 2.75) is 33.2 Å². The zero-order valence-corrected chi connectivity index (χ0v) is 8.70. The number of hydrogen-bond donors (Lipinski definition) is 0. The first-order valence-electron chi connectivity index (χ1n) is 5.10. The van der Waals surface area contributed by atoms with Crippen molar-refractivity contribution in [3.05, 3.63) is 0 Å². The molecule has 2 heterocycles. The maximum atomic E-state index is 4.59. The lowest BCUT2D eigenvalue weighted by molar-refractivity contribution is 0.234. The third-order valence-corrected chi connectivity index (χ3v) is 3.14. The molecule has 0 saturated heterocycles. The molecule has 0 N–H and O–H groups in total. The Morgan fingerprint density at radius 1 is 1.31 bits per heavy atom. The Morgan fingerprint density at radius 2 is 2.08 bits per heavy atom. The first-order valence-corrected chi connectivity index (χ1v) is 5.10. The molecule has 13 heavy (non-hydrogen) atoms. The third kappa shape index (κ3) is 1.54. The van der Waals surface area contributed by atoms with Gasteiger partial charge in [0, 0.05) is 24.6 Å². The van der Waals surface area contributed by atoms with Gasteiger partial charge in [-0.05, 0) is 18.1 Å². The number of aliphatic imine (C=N–C) groups is 2. The standard InChI is InChI=1S/C11H18N2/c1-11(2,3)9-7-12-6-8-4-5-13-10(8)9/h5,7-10H,4,6H2,1-3H3. The van der Waals surface area contributed by atoms with E-state index in [1.807, 2.05) is 0 Å². The molecule has 3 atom stereocenters. The fraction of sp³-hybridized carbons (Fsp3) is 0.818. The Kier molecular flexibility index (Phi) is 2.01. The molecule has 0 aromatic rings. The van der Waals surface area contributed by atoms with Crippen molar-refractivity contribution in [2.75, 3.05) is 6.54 Å². The summed E-state index contributed by atoms with van der Waals surface area (Å²) in [6.07, 6.45) is 5.35. The maximum Gasteiger partial charge on any atom is 0.0627 e. The molecule has 2 aliphatic rings. The minimum Gasteiger partial charge on any atom is -0.297 e. The van der Waals surface area contributed by atoms with E-state index >= 15 is 0 Å². The molecule has 0 saturated carbocycles. The molecule has 0 spiro atoms. The molecule has 0 aromatic carbocycles. The van der Waals surface area contributed by atoms with E-state index < -0.39 is 0 Å². The van der Waals surface area contributed by atoms with Crippen LogP contribution in [-0.4, -0.2) is 25.0 Å². The second kappa shape index (κ2) is 2.93. The number of fused-ring (bicyclic) bond motifs is 1. The highest BCUT2D eigenvalue weighted by atomic mass is 14.9. The van der Waals surface area contributed by atoms with Gasteiger partial charge in [-0.2, -0.15) is 0 Å². The van der Waals surface area contributed by atoms with Gasteiger partial charge in [0.15, 0.2) is 0 Å². The monoisotopic (exact) mass is 178 g/mol. The Hall–Kier alpha value is -0.660. The zero-order valence-electron chi connectivity index (χ0n) is 8.70. The predicted molar refractivity (Wildman–Crippen MR) is 56.7 cm³/mol. The van der Waals surface area contributed by atoms with Crippen molar-refractivity contribution >= 4 is 12.4 Å². The van der Waals surface area contributed by atoms with Gasteiger partial charge in [0.2, 0.25) is 0 Å². The third-order valence-electron chi connectivity index (χ3n) is 3.14. The lowest BCUT2D eigenvalue weighted by atomic mass is 9.72. The van der Waals surface area contributed by atoms with Crippen LogP contribution in [0.4, 0.5) is 0 Å².